The fourth-order valence-electron chi connectivity index (χ4n) is 1.55. The first-order valence-corrected chi connectivity index (χ1v) is 4.03. The number of nitrogens with zero attached hydrogens (tertiary/aromatic N) is 1. The van der Waals surface area contributed by atoms with Crippen LogP contribution in [0.15, 0.2) is 0 Å². The molecule has 0 aliphatic carbocycles. The SMILES string of the molecule is C[N+]1(C)CCCCCC1.I. The third-order valence-electron chi connectivity index (χ3n) is 2.28. The lowest BCUT2D eigenvalue weighted by Gasteiger charge is -2.27. The Labute approximate surface area is 81.4 Å². The van der Waals surface area contributed by atoms with E-state index in [9.17, 15) is 0 Å². The van der Waals surface area contributed by atoms with Crippen LogP contribution in [0, 0.1) is 0 Å². The van der Waals surface area contributed by atoms with Crippen LogP contribution < -0.4 is 0 Å². The van der Waals surface area contributed by atoms with Gasteiger partial charge in [-0.25, -0.2) is 0 Å². The zero-order chi connectivity index (χ0) is 6.74. The molecule has 1 fully saturated rings. The van der Waals surface area contributed by atoms with Crippen molar-refractivity contribution in [1.29, 1.82) is 0 Å². The summed E-state index contributed by atoms with van der Waals surface area (Å²) in [6.45, 7) is 2.78. The van der Waals surface area contributed by atoms with Gasteiger partial charge in [-0.3, -0.25) is 0 Å². The average Bonchev–Trinajstić information content (AvgIpc) is 1.92. The minimum Gasteiger partial charge on any atom is -0.328 e. The summed E-state index contributed by atoms with van der Waals surface area (Å²) in [7, 11) is 4.68. The van der Waals surface area contributed by atoms with Gasteiger partial charge in [0.25, 0.3) is 0 Å². The van der Waals surface area contributed by atoms with Crippen LogP contribution in [-0.2, 0) is 0 Å². The van der Waals surface area contributed by atoms with Crippen molar-refractivity contribution in [1.82, 2.24) is 0 Å². The quantitative estimate of drug-likeness (QED) is 0.460. The van der Waals surface area contributed by atoms with E-state index in [4.69, 9.17) is 0 Å². The van der Waals surface area contributed by atoms with E-state index in [1.807, 2.05) is 0 Å². The Morgan fingerprint density at radius 3 is 1.60 bits per heavy atom. The molecule has 0 unspecified atom stereocenters. The molecule has 62 valence electrons. The zero-order valence-corrected chi connectivity index (χ0v) is 9.43. The van der Waals surface area contributed by atoms with Crippen LogP contribution in [0.4, 0.5) is 0 Å². The van der Waals surface area contributed by atoms with Gasteiger partial charge in [0, 0.05) is 0 Å². The molecule has 1 nitrogen and oxygen atoms in total. The number of halogens is 1. The van der Waals surface area contributed by atoms with Gasteiger partial charge in [-0.05, 0) is 25.7 Å². The number of likely N-dealkylation sites (tertiary alicyclic amines) is 1. The van der Waals surface area contributed by atoms with Gasteiger partial charge in [-0.1, -0.05) is 0 Å². The van der Waals surface area contributed by atoms with Gasteiger partial charge in [0.05, 0.1) is 27.2 Å². The van der Waals surface area contributed by atoms with Crippen LogP contribution in [0.1, 0.15) is 25.7 Å². The minimum absolute atomic E-state index is 0. The van der Waals surface area contributed by atoms with E-state index in [1.165, 1.54) is 43.3 Å². The molecule has 2 heteroatoms. The summed E-state index contributed by atoms with van der Waals surface area (Å²) >= 11 is 0. The lowest BCUT2D eigenvalue weighted by atomic mass is 10.2. The van der Waals surface area contributed by atoms with Crippen molar-refractivity contribution >= 4 is 24.0 Å². The van der Waals surface area contributed by atoms with Crippen molar-refractivity contribution < 1.29 is 4.48 Å². The Morgan fingerprint density at radius 1 is 0.800 bits per heavy atom. The van der Waals surface area contributed by atoms with E-state index >= 15 is 0 Å². The van der Waals surface area contributed by atoms with Crippen LogP contribution in [-0.4, -0.2) is 31.7 Å². The second-order valence-electron chi connectivity index (χ2n) is 3.80. The van der Waals surface area contributed by atoms with E-state index in [2.05, 4.69) is 14.1 Å². The Hall–Kier alpha value is 0.690. The van der Waals surface area contributed by atoms with Crippen molar-refractivity contribution in [2.45, 2.75) is 25.7 Å². The molecule has 0 amide bonds. The second-order valence-corrected chi connectivity index (χ2v) is 3.80. The number of rotatable bonds is 0. The lowest BCUT2D eigenvalue weighted by molar-refractivity contribution is -0.889. The smallest absolute Gasteiger partial charge is 0.0782 e. The second kappa shape index (κ2) is 4.54. The van der Waals surface area contributed by atoms with Crippen molar-refractivity contribution in [3.8, 4) is 0 Å². The molecule has 1 rings (SSSR count). The highest BCUT2D eigenvalue weighted by Crippen LogP contribution is 2.12. The summed E-state index contributed by atoms with van der Waals surface area (Å²) in [5.41, 5.74) is 0. The maximum Gasteiger partial charge on any atom is 0.0782 e. The summed E-state index contributed by atoms with van der Waals surface area (Å²) in [4.78, 5) is 0. The van der Waals surface area contributed by atoms with E-state index in [-0.39, 0.29) is 24.0 Å². The number of hydrogen-bond acceptors (Lipinski definition) is 0. The first-order valence-electron chi connectivity index (χ1n) is 4.03. The lowest BCUT2D eigenvalue weighted by Crippen LogP contribution is -2.39. The van der Waals surface area contributed by atoms with Crippen molar-refractivity contribution in [2.75, 3.05) is 27.2 Å². The molecule has 0 spiro atoms. The molecule has 0 atom stereocenters. The third-order valence-corrected chi connectivity index (χ3v) is 2.28. The molecule has 10 heavy (non-hydrogen) atoms. The van der Waals surface area contributed by atoms with E-state index in [0.717, 1.165) is 0 Å². The van der Waals surface area contributed by atoms with Crippen molar-refractivity contribution in [3.05, 3.63) is 0 Å². The van der Waals surface area contributed by atoms with Gasteiger partial charge in [0.15, 0.2) is 0 Å². The molecule has 1 aliphatic heterocycles. The van der Waals surface area contributed by atoms with Crippen LogP contribution in [0.2, 0.25) is 0 Å². The Balaban J connectivity index is 0.000000810. The van der Waals surface area contributed by atoms with Crippen LogP contribution in [0.3, 0.4) is 0 Å². The molecule has 0 saturated carbocycles. The summed E-state index contributed by atoms with van der Waals surface area (Å²) in [6.07, 6.45) is 5.80. The fraction of sp³-hybridized carbons (Fsp3) is 1.00. The fourth-order valence-corrected chi connectivity index (χ4v) is 1.55. The Morgan fingerprint density at radius 2 is 1.20 bits per heavy atom. The van der Waals surface area contributed by atoms with Gasteiger partial charge < -0.3 is 4.48 Å². The minimum atomic E-state index is 0. The summed E-state index contributed by atoms with van der Waals surface area (Å²) in [5, 5.41) is 0. The van der Waals surface area contributed by atoms with Gasteiger partial charge in [-0.15, -0.1) is 24.0 Å². The van der Waals surface area contributed by atoms with Gasteiger partial charge in [0.2, 0.25) is 0 Å². The van der Waals surface area contributed by atoms with Crippen molar-refractivity contribution in [3.63, 3.8) is 0 Å². The number of quaternary nitrogens is 1. The first kappa shape index (κ1) is 10.7. The van der Waals surface area contributed by atoms with E-state index < -0.39 is 0 Å². The van der Waals surface area contributed by atoms with Gasteiger partial charge in [0.1, 0.15) is 0 Å². The molecular formula is C8H19IN+. The summed E-state index contributed by atoms with van der Waals surface area (Å²) in [5.74, 6) is 0. The molecule has 0 aromatic rings. The Kier molecular flexibility index (Phi) is 4.86. The average molecular weight is 256 g/mol. The zero-order valence-electron chi connectivity index (χ0n) is 7.10. The normalized spacial score (nSPS) is 24.6. The van der Waals surface area contributed by atoms with Gasteiger partial charge in [-0.2, -0.15) is 0 Å². The molecule has 0 aromatic carbocycles. The first-order chi connectivity index (χ1) is 4.21. The van der Waals surface area contributed by atoms with Crippen LogP contribution >= 0.6 is 24.0 Å². The third kappa shape index (κ3) is 3.76. The van der Waals surface area contributed by atoms with E-state index in [1.54, 1.807) is 0 Å². The maximum atomic E-state index is 2.34. The highest BCUT2D eigenvalue weighted by atomic mass is 127. The Bertz CT molecular complexity index is 81.3. The molecule has 1 saturated heterocycles. The summed E-state index contributed by atoms with van der Waals surface area (Å²) < 4.78 is 1.25. The monoisotopic (exact) mass is 256 g/mol. The predicted octanol–water partition coefficient (Wildman–Crippen LogP) is 2.25. The van der Waals surface area contributed by atoms with Crippen LogP contribution in [0.25, 0.3) is 0 Å². The highest BCUT2D eigenvalue weighted by Gasteiger charge is 2.16. The standard InChI is InChI=1S/C8H18N.HI/c1-9(2)7-5-3-4-6-8-9;/h3-8H2,1-2H3;1H/q+1;. The number of hydrogen-bond donors (Lipinski definition) is 0. The highest BCUT2D eigenvalue weighted by molar-refractivity contribution is 14.0. The molecular weight excluding hydrogens is 237 g/mol. The van der Waals surface area contributed by atoms with E-state index in [0.29, 0.717) is 0 Å². The van der Waals surface area contributed by atoms with Crippen LogP contribution in [0.5, 0.6) is 0 Å². The summed E-state index contributed by atoms with van der Waals surface area (Å²) in [6, 6.07) is 0. The molecule has 0 radical (unpaired) electrons. The maximum absolute atomic E-state index is 2.34. The largest absolute Gasteiger partial charge is 0.328 e. The molecule has 0 N–H and O–H groups in total. The van der Waals surface area contributed by atoms with Gasteiger partial charge >= 0.3 is 0 Å². The topological polar surface area (TPSA) is 0 Å². The predicted molar refractivity (Wildman–Crippen MR) is 55.7 cm³/mol. The van der Waals surface area contributed by atoms with Crippen molar-refractivity contribution in [2.24, 2.45) is 0 Å². The molecule has 0 bridgehead atoms. The molecule has 1 heterocycles. The molecule has 0 aromatic heterocycles. The molecule has 1 aliphatic rings.